The second-order valence-corrected chi connectivity index (χ2v) is 6.19. The van der Waals surface area contributed by atoms with Crippen LogP contribution in [0.1, 0.15) is 11.3 Å². The van der Waals surface area contributed by atoms with Crippen LogP contribution in [0.15, 0.2) is 42.9 Å². The SMILES string of the molecule is Cc1cnn(CC(=O)Nc2nc3ccc(-c4ccc(F)nc4C)cn3n2)c1. The Morgan fingerprint density at radius 1 is 1.15 bits per heavy atom. The zero-order chi connectivity index (χ0) is 19.0. The summed E-state index contributed by atoms with van der Waals surface area (Å²) >= 11 is 0. The number of aromatic nitrogens is 6. The molecular weight excluding hydrogens is 349 g/mol. The molecule has 0 saturated heterocycles. The Kier molecular flexibility index (Phi) is 4.11. The standard InChI is InChI=1S/C18H16FN7O/c1-11-7-20-25(8-11)10-17(27)23-18-22-16-6-3-13(9-26(16)24-18)14-4-5-15(19)21-12(14)2/h3-9H,10H2,1-2H3,(H,23,24,27). The monoisotopic (exact) mass is 365 g/mol. The fraction of sp³-hybridized carbons (Fsp3) is 0.167. The van der Waals surface area contributed by atoms with Gasteiger partial charge in [0.15, 0.2) is 5.65 Å². The van der Waals surface area contributed by atoms with Gasteiger partial charge in [0.1, 0.15) is 6.54 Å². The Labute approximate surface area is 153 Å². The van der Waals surface area contributed by atoms with Gasteiger partial charge in [0.05, 0.1) is 6.20 Å². The lowest BCUT2D eigenvalue weighted by Crippen LogP contribution is -2.19. The van der Waals surface area contributed by atoms with Gasteiger partial charge in [0.2, 0.25) is 17.8 Å². The van der Waals surface area contributed by atoms with E-state index in [1.54, 1.807) is 46.8 Å². The number of fused-ring (bicyclic) bond motifs is 1. The van der Waals surface area contributed by atoms with Crippen LogP contribution in [0.25, 0.3) is 16.8 Å². The van der Waals surface area contributed by atoms with E-state index in [-0.39, 0.29) is 18.4 Å². The van der Waals surface area contributed by atoms with Crippen LogP contribution in [0.4, 0.5) is 10.3 Å². The van der Waals surface area contributed by atoms with E-state index >= 15 is 0 Å². The van der Waals surface area contributed by atoms with Crippen molar-refractivity contribution in [3.63, 3.8) is 0 Å². The summed E-state index contributed by atoms with van der Waals surface area (Å²) < 4.78 is 16.3. The number of halogens is 1. The molecule has 0 aliphatic carbocycles. The second-order valence-electron chi connectivity index (χ2n) is 6.19. The number of carbonyl (C=O) groups excluding carboxylic acids is 1. The lowest BCUT2D eigenvalue weighted by molar-refractivity contribution is -0.116. The molecule has 0 bridgehead atoms. The van der Waals surface area contributed by atoms with E-state index in [0.717, 1.165) is 16.7 Å². The zero-order valence-corrected chi connectivity index (χ0v) is 14.7. The van der Waals surface area contributed by atoms with Crippen LogP contribution in [0.3, 0.4) is 0 Å². The minimum absolute atomic E-state index is 0.0785. The van der Waals surface area contributed by atoms with Crippen LogP contribution in [0, 0.1) is 19.8 Å². The first-order chi connectivity index (χ1) is 13.0. The largest absolute Gasteiger partial charge is 0.292 e. The lowest BCUT2D eigenvalue weighted by Gasteiger charge is -2.05. The number of nitrogens with one attached hydrogen (secondary N) is 1. The molecule has 4 aromatic rings. The maximum absolute atomic E-state index is 13.2. The Morgan fingerprint density at radius 3 is 2.74 bits per heavy atom. The average molecular weight is 365 g/mol. The lowest BCUT2D eigenvalue weighted by atomic mass is 10.1. The summed E-state index contributed by atoms with van der Waals surface area (Å²) in [7, 11) is 0. The molecular formula is C18H16FN7O. The van der Waals surface area contributed by atoms with E-state index in [1.807, 2.05) is 13.0 Å². The van der Waals surface area contributed by atoms with Gasteiger partial charge in [-0.3, -0.25) is 14.8 Å². The molecule has 0 saturated carbocycles. The van der Waals surface area contributed by atoms with Crippen LogP contribution in [0.5, 0.6) is 0 Å². The minimum atomic E-state index is -0.518. The topological polar surface area (TPSA) is 90.0 Å². The highest BCUT2D eigenvalue weighted by atomic mass is 19.1. The number of carbonyl (C=O) groups is 1. The van der Waals surface area contributed by atoms with E-state index in [2.05, 4.69) is 25.5 Å². The van der Waals surface area contributed by atoms with E-state index in [1.165, 1.54) is 6.07 Å². The first-order valence-corrected chi connectivity index (χ1v) is 8.27. The molecule has 0 aliphatic rings. The molecule has 0 fully saturated rings. The van der Waals surface area contributed by atoms with Crippen molar-refractivity contribution in [2.45, 2.75) is 20.4 Å². The van der Waals surface area contributed by atoms with Gasteiger partial charge in [-0.15, -0.1) is 5.10 Å². The van der Waals surface area contributed by atoms with E-state index in [4.69, 9.17) is 0 Å². The number of hydrogen-bond acceptors (Lipinski definition) is 5. The Balaban J connectivity index is 1.56. The molecule has 0 spiro atoms. The molecule has 27 heavy (non-hydrogen) atoms. The van der Waals surface area contributed by atoms with E-state index < -0.39 is 5.95 Å². The normalized spacial score (nSPS) is 11.1. The third-order valence-corrected chi connectivity index (χ3v) is 4.01. The number of amides is 1. The first kappa shape index (κ1) is 16.8. The third kappa shape index (κ3) is 3.52. The van der Waals surface area contributed by atoms with Crippen LogP contribution in [-0.4, -0.2) is 35.3 Å². The van der Waals surface area contributed by atoms with Crippen LogP contribution in [-0.2, 0) is 11.3 Å². The molecule has 0 atom stereocenters. The fourth-order valence-corrected chi connectivity index (χ4v) is 2.80. The first-order valence-electron chi connectivity index (χ1n) is 8.27. The number of nitrogens with zero attached hydrogens (tertiary/aromatic N) is 6. The molecule has 0 aliphatic heterocycles. The maximum atomic E-state index is 13.2. The predicted molar refractivity (Wildman–Crippen MR) is 96.5 cm³/mol. The van der Waals surface area contributed by atoms with Gasteiger partial charge in [0.25, 0.3) is 0 Å². The minimum Gasteiger partial charge on any atom is -0.292 e. The molecule has 8 nitrogen and oxygen atoms in total. The summed E-state index contributed by atoms with van der Waals surface area (Å²) in [5, 5.41) is 11.0. The third-order valence-electron chi connectivity index (χ3n) is 4.01. The molecule has 0 unspecified atom stereocenters. The predicted octanol–water partition coefficient (Wildman–Crippen LogP) is 2.38. The summed E-state index contributed by atoms with van der Waals surface area (Å²) in [6.45, 7) is 3.72. The molecule has 0 radical (unpaired) electrons. The average Bonchev–Trinajstić information content (AvgIpc) is 3.19. The number of rotatable bonds is 4. The smallest absolute Gasteiger partial charge is 0.249 e. The number of anilines is 1. The van der Waals surface area contributed by atoms with Crippen molar-refractivity contribution in [2.75, 3.05) is 5.32 Å². The Hall–Kier alpha value is -3.62. The molecule has 4 aromatic heterocycles. The molecule has 4 heterocycles. The van der Waals surface area contributed by atoms with Crippen molar-refractivity contribution in [3.8, 4) is 11.1 Å². The number of pyridine rings is 2. The van der Waals surface area contributed by atoms with Gasteiger partial charge < -0.3 is 0 Å². The maximum Gasteiger partial charge on any atom is 0.249 e. The molecule has 9 heteroatoms. The fourth-order valence-electron chi connectivity index (χ4n) is 2.80. The highest BCUT2D eigenvalue weighted by Gasteiger charge is 2.11. The van der Waals surface area contributed by atoms with E-state index in [0.29, 0.717) is 11.3 Å². The number of aryl methyl sites for hydroxylation is 2. The highest BCUT2D eigenvalue weighted by molar-refractivity contribution is 5.88. The molecule has 1 amide bonds. The Morgan fingerprint density at radius 2 is 2.00 bits per heavy atom. The van der Waals surface area contributed by atoms with Gasteiger partial charge in [-0.25, -0.2) is 9.50 Å². The zero-order valence-electron chi connectivity index (χ0n) is 14.7. The second kappa shape index (κ2) is 6.60. The van der Waals surface area contributed by atoms with Crippen LogP contribution >= 0.6 is 0 Å². The quantitative estimate of drug-likeness (QED) is 0.561. The Bertz CT molecular complexity index is 1150. The summed E-state index contributed by atoms with van der Waals surface area (Å²) in [5.41, 5.74) is 3.76. The highest BCUT2D eigenvalue weighted by Crippen LogP contribution is 2.22. The summed E-state index contributed by atoms with van der Waals surface area (Å²) in [4.78, 5) is 20.3. The molecule has 1 N–H and O–H groups in total. The van der Waals surface area contributed by atoms with Crippen LogP contribution in [0.2, 0.25) is 0 Å². The van der Waals surface area contributed by atoms with Crippen molar-refractivity contribution < 1.29 is 9.18 Å². The van der Waals surface area contributed by atoms with Gasteiger partial charge in [-0.2, -0.15) is 14.5 Å². The molecule has 0 aromatic carbocycles. The van der Waals surface area contributed by atoms with Crippen molar-refractivity contribution in [2.24, 2.45) is 0 Å². The van der Waals surface area contributed by atoms with Crippen molar-refractivity contribution >= 4 is 17.5 Å². The van der Waals surface area contributed by atoms with Gasteiger partial charge in [-0.05, 0) is 43.7 Å². The van der Waals surface area contributed by atoms with Gasteiger partial charge in [0, 0.05) is 29.2 Å². The van der Waals surface area contributed by atoms with Gasteiger partial charge >= 0.3 is 0 Å². The molecule has 4 rings (SSSR count). The van der Waals surface area contributed by atoms with Crippen molar-refractivity contribution in [1.82, 2.24) is 29.4 Å². The summed E-state index contributed by atoms with van der Waals surface area (Å²) in [6.07, 6.45) is 5.23. The van der Waals surface area contributed by atoms with Crippen molar-refractivity contribution in [3.05, 3.63) is 60.1 Å². The molecule has 136 valence electrons. The van der Waals surface area contributed by atoms with E-state index in [9.17, 15) is 9.18 Å². The summed E-state index contributed by atoms with van der Waals surface area (Å²) in [5.74, 6) is -0.585. The van der Waals surface area contributed by atoms with Crippen LogP contribution < -0.4 is 5.32 Å². The van der Waals surface area contributed by atoms with Crippen molar-refractivity contribution in [1.29, 1.82) is 0 Å². The van der Waals surface area contributed by atoms with Gasteiger partial charge in [-0.1, -0.05) is 0 Å². The summed E-state index contributed by atoms with van der Waals surface area (Å²) in [6, 6.07) is 6.61. The number of hydrogen-bond donors (Lipinski definition) is 1.